The summed E-state index contributed by atoms with van der Waals surface area (Å²) in [5.74, 6) is 1.60. The summed E-state index contributed by atoms with van der Waals surface area (Å²) < 4.78 is 1.58. The molecule has 0 aliphatic rings. The van der Waals surface area contributed by atoms with E-state index >= 15 is 0 Å². The first-order chi connectivity index (χ1) is 9.63. The van der Waals surface area contributed by atoms with Crippen LogP contribution >= 0.6 is 11.6 Å². The van der Waals surface area contributed by atoms with Gasteiger partial charge in [0.1, 0.15) is 0 Å². The van der Waals surface area contributed by atoms with Crippen LogP contribution < -0.4 is 4.90 Å². The Balaban J connectivity index is 2.31. The summed E-state index contributed by atoms with van der Waals surface area (Å²) in [6, 6.07) is 1.81. The molecule has 0 spiro atoms. The van der Waals surface area contributed by atoms with Crippen LogP contribution in [0.1, 0.15) is 27.2 Å². The van der Waals surface area contributed by atoms with Crippen molar-refractivity contribution in [1.29, 1.82) is 0 Å². The predicted octanol–water partition coefficient (Wildman–Crippen LogP) is 2.58. The number of halogens is 1. The van der Waals surface area contributed by atoms with Gasteiger partial charge in [-0.2, -0.15) is 20.1 Å². The molecule has 108 valence electrons. The van der Waals surface area contributed by atoms with Crippen molar-refractivity contribution in [2.75, 3.05) is 18.0 Å². The van der Waals surface area contributed by atoms with E-state index in [1.807, 2.05) is 6.07 Å². The Labute approximate surface area is 123 Å². The summed E-state index contributed by atoms with van der Waals surface area (Å²) in [7, 11) is 0. The summed E-state index contributed by atoms with van der Waals surface area (Å²) in [5.41, 5.74) is 0. The third kappa shape index (κ3) is 3.45. The minimum absolute atomic E-state index is 0.183. The predicted molar refractivity (Wildman–Crippen MR) is 79.3 cm³/mol. The minimum atomic E-state index is 0.183. The van der Waals surface area contributed by atoms with Crippen LogP contribution in [-0.4, -0.2) is 37.8 Å². The lowest BCUT2D eigenvalue weighted by molar-refractivity contribution is 0.541. The maximum atomic E-state index is 6.01. The van der Waals surface area contributed by atoms with Crippen LogP contribution in [-0.2, 0) is 0 Å². The molecule has 2 aromatic heterocycles. The topological polar surface area (TPSA) is 59.7 Å². The largest absolute Gasteiger partial charge is 0.341 e. The lowest BCUT2D eigenvalue weighted by Crippen LogP contribution is -2.30. The van der Waals surface area contributed by atoms with E-state index in [-0.39, 0.29) is 5.28 Å². The molecule has 0 saturated heterocycles. The summed E-state index contributed by atoms with van der Waals surface area (Å²) in [6.45, 7) is 8.18. The second-order valence-corrected chi connectivity index (χ2v) is 5.05. The Kier molecular flexibility index (Phi) is 4.89. The molecule has 0 radical (unpaired) electrons. The van der Waals surface area contributed by atoms with Crippen molar-refractivity contribution >= 4 is 17.5 Å². The summed E-state index contributed by atoms with van der Waals surface area (Å²) in [4.78, 5) is 14.9. The Morgan fingerprint density at radius 2 is 2.10 bits per heavy atom. The van der Waals surface area contributed by atoms with Crippen molar-refractivity contribution in [3.05, 3.63) is 23.7 Å². The van der Waals surface area contributed by atoms with E-state index in [0.29, 0.717) is 17.8 Å². The van der Waals surface area contributed by atoms with Crippen LogP contribution in [0.3, 0.4) is 0 Å². The molecule has 1 atom stereocenters. The standard InChI is InChI=1S/C13H19ClN6/c1-4-10(3)9-19(5-2)12-16-11(14)17-13(18-12)20-8-6-7-15-20/h6-8,10H,4-5,9H2,1-3H3. The quantitative estimate of drug-likeness (QED) is 0.819. The molecule has 0 amide bonds. The van der Waals surface area contributed by atoms with Gasteiger partial charge in [0.15, 0.2) is 0 Å². The van der Waals surface area contributed by atoms with E-state index in [9.17, 15) is 0 Å². The first kappa shape index (κ1) is 14.7. The molecule has 0 N–H and O–H groups in total. The Hall–Kier alpha value is -1.69. The number of rotatable bonds is 6. The molecule has 0 aliphatic carbocycles. The normalized spacial score (nSPS) is 12.4. The summed E-state index contributed by atoms with van der Waals surface area (Å²) in [6.07, 6.45) is 4.57. The molecular formula is C13H19ClN6. The van der Waals surface area contributed by atoms with Crippen molar-refractivity contribution in [2.24, 2.45) is 5.92 Å². The van der Waals surface area contributed by atoms with Gasteiger partial charge in [-0.05, 0) is 30.5 Å². The van der Waals surface area contributed by atoms with Gasteiger partial charge >= 0.3 is 0 Å². The van der Waals surface area contributed by atoms with Crippen molar-refractivity contribution in [1.82, 2.24) is 24.7 Å². The average Bonchev–Trinajstić information content (AvgIpc) is 2.97. The van der Waals surface area contributed by atoms with E-state index < -0.39 is 0 Å². The van der Waals surface area contributed by atoms with Gasteiger partial charge in [-0.25, -0.2) is 4.68 Å². The highest BCUT2D eigenvalue weighted by atomic mass is 35.5. The Bertz CT molecular complexity index is 542. The molecule has 0 fully saturated rings. The molecule has 0 aromatic carbocycles. The maximum absolute atomic E-state index is 6.01. The SMILES string of the molecule is CCC(C)CN(CC)c1nc(Cl)nc(-n2cccn2)n1. The molecular weight excluding hydrogens is 276 g/mol. The fraction of sp³-hybridized carbons (Fsp3) is 0.538. The van der Waals surface area contributed by atoms with Crippen LogP contribution in [0.15, 0.2) is 18.5 Å². The van der Waals surface area contributed by atoms with Crippen molar-refractivity contribution < 1.29 is 0 Å². The lowest BCUT2D eigenvalue weighted by atomic mass is 10.1. The summed E-state index contributed by atoms with van der Waals surface area (Å²) >= 11 is 6.01. The van der Waals surface area contributed by atoms with E-state index in [1.165, 1.54) is 0 Å². The van der Waals surface area contributed by atoms with Crippen molar-refractivity contribution in [2.45, 2.75) is 27.2 Å². The van der Waals surface area contributed by atoms with Gasteiger partial charge in [0.2, 0.25) is 11.2 Å². The first-order valence-corrected chi connectivity index (χ1v) is 7.18. The second-order valence-electron chi connectivity index (χ2n) is 4.71. The molecule has 0 aliphatic heterocycles. The highest BCUT2D eigenvalue weighted by molar-refractivity contribution is 6.28. The van der Waals surface area contributed by atoms with Gasteiger partial charge in [-0.3, -0.25) is 0 Å². The number of anilines is 1. The van der Waals surface area contributed by atoms with Crippen LogP contribution in [0.4, 0.5) is 5.95 Å². The molecule has 6 nitrogen and oxygen atoms in total. The number of hydrogen-bond donors (Lipinski definition) is 0. The molecule has 2 rings (SSSR count). The fourth-order valence-electron chi connectivity index (χ4n) is 1.82. The van der Waals surface area contributed by atoms with Crippen molar-refractivity contribution in [3.8, 4) is 5.95 Å². The highest BCUT2D eigenvalue weighted by Crippen LogP contribution is 2.15. The number of aromatic nitrogens is 5. The first-order valence-electron chi connectivity index (χ1n) is 6.80. The lowest BCUT2D eigenvalue weighted by Gasteiger charge is -2.24. The summed E-state index contributed by atoms with van der Waals surface area (Å²) in [5, 5.41) is 4.30. The monoisotopic (exact) mass is 294 g/mol. The zero-order valence-corrected chi connectivity index (χ0v) is 12.7. The van der Waals surface area contributed by atoms with Crippen LogP contribution in [0.25, 0.3) is 5.95 Å². The van der Waals surface area contributed by atoms with Crippen molar-refractivity contribution in [3.63, 3.8) is 0 Å². The second kappa shape index (κ2) is 6.65. The smallest absolute Gasteiger partial charge is 0.256 e. The average molecular weight is 295 g/mol. The van der Waals surface area contributed by atoms with Gasteiger partial charge in [-0.15, -0.1) is 0 Å². The van der Waals surface area contributed by atoms with E-state index in [2.05, 4.69) is 45.7 Å². The van der Waals surface area contributed by atoms with E-state index in [1.54, 1.807) is 17.1 Å². The third-order valence-corrected chi connectivity index (χ3v) is 3.36. The fourth-order valence-corrected chi connectivity index (χ4v) is 1.97. The molecule has 20 heavy (non-hydrogen) atoms. The third-order valence-electron chi connectivity index (χ3n) is 3.19. The maximum Gasteiger partial charge on any atom is 0.256 e. The molecule has 0 saturated carbocycles. The van der Waals surface area contributed by atoms with Gasteiger partial charge in [-0.1, -0.05) is 20.3 Å². The van der Waals surface area contributed by atoms with Gasteiger partial charge in [0.05, 0.1) is 0 Å². The highest BCUT2D eigenvalue weighted by Gasteiger charge is 2.14. The van der Waals surface area contributed by atoms with Gasteiger partial charge in [0.25, 0.3) is 5.95 Å². The van der Waals surface area contributed by atoms with Gasteiger partial charge < -0.3 is 4.90 Å². The molecule has 2 aromatic rings. The van der Waals surface area contributed by atoms with E-state index in [0.717, 1.165) is 19.5 Å². The Morgan fingerprint density at radius 1 is 1.30 bits per heavy atom. The van der Waals surface area contributed by atoms with Crippen LogP contribution in [0.2, 0.25) is 5.28 Å². The minimum Gasteiger partial charge on any atom is -0.341 e. The Morgan fingerprint density at radius 3 is 2.70 bits per heavy atom. The van der Waals surface area contributed by atoms with Crippen LogP contribution in [0.5, 0.6) is 0 Å². The zero-order valence-electron chi connectivity index (χ0n) is 12.0. The molecule has 1 unspecified atom stereocenters. The molecule has 7 heteroatoms. The molecule has 2 heterocycles. The molecule has 0 bridgehead atoms. The van der Waals surface area contributed by atoms with Gasteiger partial charge in [0, 0.05) is 25.5 Å². The zero-order chi connectivity index (χ0) is 14.5. The van der Waals surface area contributed by atoms with E-state index in [4.69, 9.17) is 11.6 Å². The number of nitrogens with zero attached hydrogens (tertiary/aromatic N) is 6. The van der Waals surface area contributed by atoms with Crippen LogP contribution in [0, 0.1) is 5.92 Å². The number of hydrogen-bond acceptors (Lipinski definition) is 5.